The van der Waals surface area contributed by atoms with Crippen LogP contribution in [0, 0.1) is 6.92 Å². The van der Waals surface area contributed by atoms with Crippen LogP contribution in [0.5, 0.6) is 0 Å². The van der Waals surface area contributed by atoms with Crippen molar-refractivity contribution in [3.05, 3.63) is 66.4 Å². The molecular weight excluding hydrogens is 390 g/mol. The summed E-state index contributed by atoms with van der Waals surface area (Å²) in [5.41, 5.74) is 1.87. The molecule has 3 aromatic rings. The van der Waals surface area contributed by atoms with Gasteiger partial charge in [-0.05, 0) is 24.6 Å². The standard InChI is InChI=1S/C20H17F4N3O2/c1-13-16(14-9-5-3-6-10-14)17(27(26-13)15-11-7-4-8-12-15)25-18(28)19(21,29-2)20(22,23)24/h3-12H,1-2H3,(H,25,28)/t19-/m1/s1. The van der Waals surface area contributed by atoms with Gasteiger partial charge in [-0.1, -0.05) is 48.5 Å². The number of nitrogens with zero attached hydrogens (tertiary/aromatic N) is 2. The zero-order chi connectivity index (χ0) is 21.2. The van der Waals surface area contributed by atoms with Crippen molar-refractivity contribution in [1.29, 1.82) is 0 Å². The predicted molar refractivity (Wildman–Crippen MR) is 99.3 cm³/mol. The molecule has 2 aromatic carbocycles. The zero-order valence-corrected chi connectivity index (χ0v) is 15.5. The number of benzene rings is 2. The van der Waals surface area contributed by atoms with Crippen LogP contribution in [0.1, 0.15) is 5.69 Å². The fourth-order valence-corrected chi connectivity index (χ4v) is 2.87. The number of amides is 1. The van der Waals surface area contributed by atoms with E-state index in [9.17, 15) is 22.4 Å². The number of hydrogen-bond acceptors (Lipinski definition) is 3. The summed E-state index contributed by atoms with van der Waals surface area (Å²) in [5.74, 6) is -6.62. The van der Waals surface area contributed by atoms with Gasteiger partial charge in [0.2, 0.25) is 0 Å². The average molecular weight is 407 g/mol. The maximum atomic E-state index is 14.4. The summed E-state index contributed by atoms with van der Waals surface area (Å²) in [6.45, 7) is 1.64. The summed E-state index contributed by atoms with van der Waals surface area (Å²) >= 11 is 0. The summed E-state index contributed by atoms with van der Waals surface area (Å²) in [6, 6.07) is 17.1. The Kier molecular flexibility index (Phi) is 5.43. The monoisotopic (exact) mass is 407 g/mol. The lowest BCUT2D eigenvalue weighted by atomic mass is 10.1. The van der Waals surface area contributed by atoms with Crippen LogP contribution in [0.4, 0.5) is 23.4 Å². The molecule has 29 heavy (non-hydrogen) atoms. The first kappa shape index (κ1) is 20.5. The van der Waals surface area contributed by atoms with Gasteiger partial charge in [-0.2, -0.15) is 22.7 Å². The van der Waals surface area contributed by atoms with E-state index in [0.717, 1.165) is 0 Å². The van der Waals surface area contributed by atoms with Crippen molar-refractivity contribution < 1.29 is 27.1 Å². The van der Waals surface area contributed by atoms with Gasteiger partial charge < -0.3 is 10.1 Å². The molecule has 0 saturated heterocycles. The van der Waals surface area contributed by atoms with Gasteiger partial charge in [0.1, 0.15) is 5.82 Å². The number of methoxy groups -OCH3 is 1. The summed E-state index contributed by atoms with van der Waals surface area (Å²) in [4.78, 5) is 12.3. The van der Waals surface area contributed by atoms with E-state index >= 15 is 0 Å². The minimum absolute atomic E-state index is 0.103. The summed E-state index contributed by atoms with van der Waals surface area (Å²) in [6.07, 6.45) is -5.56. The fraction of sp³-hybridized carbons (Fsp3) is 0.200. The van der Waals surface area contributed by atoms with E-state index in [1.165, 1.54) is 4.68 Å². The van der Waals surface area contributed by atoms with E-state index < -0.39 is 17.9 Å². The molecule has 5 nitrogen and oxygen atoms in total. The van der Waals surface area contributed by atoms with Crippen LogP contribution < -0.4 is 5.32 Å². The Morgan fingerprint density at radius 3 is 2.07 bits per heavy atom. The molecule has 0 fully saturated rings. The molecule has 0 saturated carbocycles. The number of carbonyl (C=O) groups is 1. The first-order chi connectivity index (χ1) is 13.7. The topological polar surface area (TPSA) is 56.1 Å². The van der Waals surface area contributed by atoms with E-state index in [0.29, 0.717) is 29.6 Å². The number of hydrogen-bond donors (Lipinski definition) is 1. The molecule has 0 unspecified atom stereocenters. The highest BCUT2D eigenvalue weighted by Gasteiger charge is 2.63. The summed E-state index contributed by atoms with van der Waals surface area (Å²) in [7, 11) is 0.477. The second kappa shape index (κ2) is 7.67. The molecule has 1 atom stereocenters. The van der Waals surface area contributed by atoms with E-state index in [1.54, 1.807) is 67.6 Å². The van der Waals surface area contributed by atoms with Crippen LogP contribution in [0.15, 0.2) is 60.7 Å². The van der Waals surface area contributed by atoms with E-state index in [-0.39, 0.29) is 5.82 Å². The number of halogens is 4. The van der Waals surface area contributed by atoms with E-state index in [4.69, 9.17) is 0 Å². The quantitative estimate of drug-likeness (QED) is 0.626. The van der Waals surface area contributed by atoms with Gasteiger partial charge >= 0.3 is 17.9 Å². The van der Waals surface area contributed by atoms with Gasteiger partial charge in [0.15, 0.2) is 0 Å². The Bertz CT molecular complexity index is 1000. The van der Waals surface area contributed by atoms with E-state index in [1.807, 2.05) is 5.32 Å². The Morgan fingerprint density at radius 1 is 1.00 bits per heavy atom. The minimum atomic E-state index is -5.56. The third-order valence-corrected chi connectivity index (χ3v) is 4.29. The summed E-state index contributed by atoms with van der Waals surface area (Å²) in [5, 5.41) is 6.37. The Morgan fingerprint density at radius 2 is 1.55 bits per heavy atom. The molecule has 0 radical (unpaired) electrons. The molecular formula is C20H17F4N3O2. The number of nitrogens with one attached hydrogen (secondary N) is 1. The SMILES string of the molecule is CO[C@](F)(C(=O)Nc1c(-c2ccccc2)c(C)nn1-c1ccccc1)C(F)(F)F. The van der Waals surface area contributed by atoms with Crippen LogP contribution in [0.3, 0.4) is 0 Å². The number of rotatable bonds is 5. The molecule has 0 aliphatic heterocycles. The zero-order valence-electron chi connectivity index (χ0n) is 15.5. The first-order valence-corrected chi connectivity index (χ1v) is 8.51. The molecule has 152 valence electrons. The van der Waals surface area contributed by atoms with Crippen molar-refractivity contribution in [2.75, 3.05) is 12.4 Å². The highest BCUT2D eigenvalue weighted by molar-refractivity contribution is 6.00. The average Bonchev–Trinajstić information content (AvgIpc) is 3.03. The van der Waals surface area contributed by atoms with Crippen LogP contribution in [-0.4, -0.2) is 34.8 Å². The smallest absolute Gasteiger partial charge is 0.335 e. The van der Waals surface area contributed by atoms with Crippen molar-refractivity contribution in [3.63, 3.8) is 0 Å². The fourth-order valence-electron chi connectivity index (χ4n) is 2.87. The molecule has 0 bridgehead atoms. The highest BCUT2D eigenvalue weighted by Crippen LogP contribution is 2.38. The molecule has 1 amide bonds. The van der Waals surface area contributed by atoms with Crippen LogP contribution in [-0.2, 0) is 9.53 Å². The molecule has 1 aromatic heterocycles. The van der Waals surface area contributed by atoms with Crippen LogP contribution in [0.25, 0.3) is 16.8 Å². The second-order valence-corrected chi connectivity index (χ2v) is 6.17. The van der Waals surface area contributed by atoms with Gasteiger partial charge in [0, 0.05) is 12.7 Å². The maximum absolute atomic E-state index is 14.4. The third kappa shape index (κ3) is 3.73. The summed E-state index contributed by atoms with van der Waals surface area (Å²) < 4.78 is 58.9. The largest absolute Gasteiger partial charge is 0.458 e. The van der Waals surface area contributed by atoms with Crippen molar-refractivity contribution in [1.82, 2.24) is 9.78 Å². The highest BCUT2D eigenvalue weighted by atomic mass is 19.4. The lowest BCUT2D eigenvalue weighted by molar-refractivity contribution is -0.305. The van der Waals surface area contributed by atoms with Gasteiger partial charge in [-0.3, -0.25) is 4.79 Å². The van der Waals surface area contributed by atoms with Crippen molar-refractivity contribution in [2.45, 2.75) is 19.0 Å². The lowest BCUT2D eigenvalue weighted by Crippen LogP contribution is -2.52. The Balaban J connectivity index is 2.17. The molecule has 9 heteroatoms. The van der Waals surface area contributed by atoms with Gasteiger partial charge in [-0.15, -0.1) is 0 Å². The molecule has 0 aliphatic rings. The number of aryl methyl sites for hydroxylation is 1. The lowest BCUT2D eigenvalue weighted by Gasteiger charge is -2.25. The van der Waals surface area contributed by atoms with Crippen molar-refractivity contribution in [3.8, 4) is 16.8 Å². The Hall–Kier alpha value is -3.20. The minimum Gasteiger partial charge on any atom is -0.335 e. The first-order valence-electron chi connectivity index (χ1n) is 8.51. The van der Waals surface area contributed by atoms with E-state index in [2.05, 4.69) is 9.84 Å². The molecule has 1 N–H and O–H groups in total. The molecule has 0 aliphatic carbocycles. The number of aromatic nitrogens is 2. The third-order valence-electron chi connectivity index (χ3n) is 4.29. The molecule has 3 rings (SSSR count). The number of para-hydroxylation sites is 1. The predicted octanol–water partition coefficient (Wildman–Crippen LogP) is 4.66. The van der Waals surface area contributed by atoms with Gasteiger partial charge in [0.25, 0.3) is 0 Å². The number of carbonyl (C=O) groups excluding carboxylic acids is 1. The van der Waals surface area contributed by atoms with Gasteiger partial charge in [-0.25, -0.2) is 4.68 Å². The van der Waals surface area contributed by atoms with Crippen LogP contribution in [0.2, 0.25) is 0 Å². The van der Waals surface area contributed by atoms with Crippen molar-refractivity contribution >= 4 is 11.7 Å². The number of ether oxygens (including phenoxy) is 1. The maximum Gasteiger partial charge on any atom is 0.458 e. The normalized spacial score (nSPS) is 13.7. The Labute approximate surface area is 163 Å². The van der Waals surface area contributed by atoms with Gasteiger partial charge in [0.05, 0.1) is 11.4 Å². The number of alkyl halides is 4. The van der Waals surface area contributed by atoms with Crippen molar-refractivity contribution in [2.24, 2.45) is 0 Å². The van der Waals surface area contributed by atoms with Crippen LogP contribution >= 0.6 is 0 Å². The number of anilines is 1. The second-order valence-electron chi connectivity index (χ2n) is 6.17. The molecule has 0 spiro atoms. The molecule has 1 heterocycles.